The summed E-state index contributed by atoms with van der Waals surface area (Å²) in [6, 6.07) is 4.71. The van der Waals surface area contributed by atoms with E-state index in [1.165, 1.54) is 26.2 Å². The number of halogens is 1. The molecule has 0 bridgehead atoms. The van der Waals surface area contributed by atoms with Crippen LogP contribution in [0, 0.1) is 13.8 Å². The Balaban J connectivity index is 2.34. The second-order valence-corrected chi connectivity index (χ2v) is 5.55. The van der Waals surface area contributed by atoms with Crippen LogP contribution in [-0.2, 0) is 4.79 Å². The van der Waals surface area contributed by atoms with Gasteiger partial charge in [0.1, 0.15) is 5.75 Å². The van der Waals surface area contributed by atoms with Crippen molar-refractivity contribution in [3.8, 4) is 5.75 Å². The lowest BCUT2D eigenvalue weighted by atomic mass is 10.1. The van der Waals surface area contributed by atoms with E-state index in [-0.39, 0.29) is 28.2 Å². The molecule has 0 saturated heterocycles. The number of anilines is 2. The molecule has 0 unspecified atom stereocenters. The van der Waals surface area contributed by atoms with E-state index < -0.39 is 5.91 Å². The Bertz CT molecular complexity index is 788. The molecule has 2 N–H and O–H groups in total. The van der Waals surface area contributed by atoms with Crippen LogP contribution < -0.4 is 15.4 Å². The van der Waals surface area contributed by atoms with E-state index in [0.717, 1.165) is 11.4 Å². The van der Waals surface area contributed by atoms with Crippen LogP contribution in [0.5, 0.6) is 5.75 Å². The summed E-state index contributed by atoms with van der Waals surface area (Å²) in [5.41, 5.74) is 2.05. The fraction of sp³-hybridized carbons (Fsp3) is 0.250. The first-order chi connectivity index (χ1) is 11.3. The van der Waals surface area contributed by atoms with E-state index in [2.05, 4.69) is 20.6 Å². The fourth-order valence-electron chi connectivity index (χ4n) is 2.14. The van der Waals surface area contributed by atoms with E-state index in [1.54, 1.807) is 6.07 Å². The SMILES string of the molecule is COc1cc(NC(C)=O)c(Cl)cc1C(=O)Nc1nc(C)cc(C)n1. The van der Waals surface area contributed by atoms with Crippen LogP contribution >= 0.6 is 11.6 Å². The summed E-state index contributed by atoms with van der Waals surface area (Å²) in [6.07, 6.45) is 0. The number of carbonyl (C=O) groups is 2. The number of rotatable bonds is 4. The van der Waals surface area contributed by atoms with Gasteiger partial charge in [0.2, 0.25) is 11.9 Å². The number of hydrogen-bond donors (Lipinski definition) is 2. The number of ether oxygens (including phenoxy) is 1. The third-order valence-electron chi connectivity index (χ3n) is 3.05. The monoisotopic (exact) mass is 348 g/mol. The molecule has 2 aromatic rings. The Morgan fingerprint density at radius 1 is 1.08 bits per heavy atom. The molecule has 0 spiro atoms. The highest BCUT2D eigenvalue weighted by Gasteiger charge is 2.17. The van der Waals surface area contributed by atoms with Gasteiger partial charge in [-0.2, -0.15) is 0 Å². The van der Waals surface area contributed by atoms with E-state index in [9.17, 15) is 9.59 Å². The third-order valence-corrected chi connectivity index (χ3v) is 3.36. The van der Waals surface area contributed by atoms with Gasteiger partial charge in [-0.15, -0.1) is 0 Å². The van der Waals surface area contributed by atoms with E-state index in [4.69, 9.17) is 16.3 Å². The lowest BCUT2D eigenvalue weighted by molar-refractivity contribution is -0.114. The van der Waals surface area contributed by atoms with Gasteiger partial charge in [-0.1, -0.05) is 11.6 Å². The number of methoxy groups -OCH3 is 1. The van der Waals surface area contributed by atoms with Crippen LogP contribution in [0.3, 0.4) is 0 Å². The summed E-state index contributed by atoms with van der Waals surface area (Å²) in [5, 5.41) is 5.41. The van der Waals surface area contributed by atoms with Crippen molar-refractivity contribution in [3.63, 3.8) is 0 Å². The molecule has 126 valence electrons. The molecule has 0 radical (unpaired) electrons. The summed E-state index contributed by atoms with van der Waals surface area (Å²) in [6.45, 7) is 4.98. The fourth-order valence-corrected chi connectivity index (χ4v) is 2.35. The van der Waals surface area contributed by atoms with Crippen LogP contribution in [0.25, 0.3) is 0 Å². The highest BCUT2D eigenvalue weighted by Crippen LogP contribution is 2.31. The van der Waals surface area contributed by atoms with Gasteiger partial charge in [-0.3, -0.25) is 14.9 Å². The Kier molecular flexibility index (Phi) is 5.35. The van der Waals surface area contributed by atoms with Gasteiger partial charge in [-0.05, 0) is 26.0 Å². The number of aromatic nitrogens is 2. The molecule has 24 heavy (non-hydrogen) atoms. The Morgan fingerprint density at radius 2 is 1.71 bits per heavy atom. The quantitative estimate of drug-likeness (QED) is 0.886. The zero-order valence-corrected chi connectivity index (χ0v) is 14.5. The van der Waals surface area contributed by atoms with Gasteiger partial charge >= 0.3 is 0 Å². The van der Waals surface area contributed by atoms with Crippen molar-refractivity contribution in [1.82, 2.24) is 9.97 Å². The number of hydrogen-bond acceptors (Lipinski definition) is 5. The summed E-state index contributed by atoms with van der Waals surface area (Å²) in [7, 11) is 1.42. The second-order valence-electron chi connectivity index (χ2n) is 5.14. The number of carbonyl (C=O) groups excluding carboxylic acids is 2. The first kappa shape index (κ1) is 17.7. The third kappa shape index (κ3) is 4.20. The molecule has 2 amide bonds. The average molecular weight is 349 g/mol. The van der Waals surface area contributed by atoms with E-state index in [1.807, 2.05) is 13.8 Å². The van der Waals surface area contributed by atoms with Crippen LogP contribution in [0.4, 0.5) is 11.6 Å². The van der Waals surface area contributed by atoms with Gasteiger partial charge < -0.3 is 10.1 Å². The van der Waals surface area contributed by atoms with Crippen molar-refractivity contribution in [3.05, 3.63) is 40.2 Å². The Hall–Kier alpha value is -2.67. The predicted molar refractivity (Wildman–Crippen MR) is 91.8 cm³/mol. The van der Waals surface area contributed by atoms with Crippen LogP contribution in [0.2, 0.25) is 5.02 Å². The molecular formula is C16H17ClN4O3. The molecule has 0 aliphatic heterocycles. The number of benzene rings is 1. The molecule has 2 rings (SSSR count). The van der Waals surface area contributed by atoms with E-state index in [0.29, 0.717) is 5.69 Å². The van der Waals surface area contributed by atoms with Crippen molar-refractivity contribution < 1.29 is 14.3 Å². The molecule has 1 aromatic heterocycles. The smallest absolute Gasteiger partial charge is 0.261 e. The maximum Gasteiger partial charge on any atom is 0.261 e. The summed E-state index contributed by atoms with van der Waals surface area (Å²) >= 11 is 6.12. The average Bonchev–Trinajstić information content (AvgIpc) is 2.47. The number of nitrogens with one attached hydrogen (secondary N) is 2. The Morgan fingerprint density at radius 3 is 2.25 bits per heavy atom. The molecule has 8 heteroatoms. The molecule has 7 nitrogen and oxygen atoms in total. The first-order valence-corrected chi connectivity index (χ1v) is 7.46. The van der Waals surface area contributed by atoms with Crippen LogP contribution in [0.15, 0.2) is 18.2 Å². The van der Waals surface area contributed by atoms with Crippen molar-refractivity contribution in [2.24, 2.45) is 0 Å². The molecule has 0 aliphatic rings. The number of amides is 2. The van der Waals surface area contributed by atoms with Crippen molar-refractivity contribution in [2.75, 3.05) is 17.7 Å². The Labute approximate surface area is 144 Å². The normalized spacial score (nSPS) is 10.2. The molecule has 1 aromatic carbocycles. The van der Waals surface area contributed by atoms with Gasteiger partial charge in [0.15, 0.2) is 0 Å². The lowest BCUT2D eigenvalue weighted by Gasteiger charge is -2.13. The highest BCUT2D eigenvalue weighted by molar-refractivity contribution is 6.34. The topological polar surface area (TPSA) is 93.2 Å². The van der Waals surface area contributed by atoms with Gasteiger partial charge in [0, 0.05) is 24.4 Å². The molecule has 0 aliphatic carbocycles. The molecule has 0 atom stereocenters. The molecule has 0 saturated carbocycles. The van der Waals surface area contributed by atoms with Crippen molar-refractivity contribution in [1.29, 1.82) is 0 Å². The standard InChI is InChI=1S/C16H17ClN4O3/c1-8-5-9(2)19-16(18-8)21-15(23)11-6-12(17)13(20-10(3)22)7-14(11)24-4/h5-7H,1-4H3,(H,20,22)(H,18,19,21,23). The van der Waals surface area contributed by atoms with Crippen LogP contribution in [-0.4, -0.2) is 28.9 Å². The summed E-state index contributed by atoms with van der Waals surface area (Å²) in [5.74, 6) is -0.278. The van der Waals surface area contributed by atoms with Gasteiger partial charge in [0.05, 0.1) is 23.4 Å². The molecule has 0 fully saturated rings. The minimum atomic E-state index is -0.465. The summed E-state index contributed by atoms with van der Waals surface area (Å²) in [4.78, 5) is 32.0. The maximum atomic E-state index is 12.5. The van der Waals surface area contributed by atoms with Gasteiger partial charge in [-0.25, -0.2) is 9.97 Å². The minimum absolute atomic E-state index is 0.196. The predicted octanol–water partition coefficient (Wildman–Crippen LogP) is 2.97. The second kappa shape index (κ2) is 7.27. The maximum absolute atomic E-state index is 12.5. The van der Waals surface area contributed by atoms with Crippen LogP contribution in [0.1, 0.15) is 28.7 Å². The van der Waals surface area contributed by atoms with Crippen molar-refractivity contribution >= 4 is 35.1 Å². The number of nitrogens with zero attached hydrogens (tertiary/aromatic N) is 2. The lowest BCUT2D eigenvalue weighted by Crippen LogP contribution is -2.16. The largest absolute Gasteiger partial charge is 0.496 e. The molecular weight excluding hydrogens is 332 g/mol. The first-order valence-electron chi connectivity index (χ1n) is 7.09. The minimum Gasteiger partial charge on any atom is -0.496 e. The highest BCUT2D eigenvalue weighted by atomic mass is 35.5. The number of aryl methyl sites for hydroxylation is 2. The summed E-state index contributed by atoms with van der Waals surface area (Å²) < 4.78 is 5.22. The van der Waals surface area contributed by atoms with E-state index >= 15 is 0 Å². The molecule has 1 heterocycles. The van der Waals surface area contributed by atoms with Gasteiger partial charge in [0.25, 0.3) is 5.91 Å². The zero-order chi connectivity index (χ0) is 17.9. The zero-order valence-electron chi connectivity index (χ0n) is 13.7. The van der Waals surface area contributed by atoms with Crippen molar-refractivity contribution in [2.45, 2.75) is 20.8 Å².